The SMILES string of the molecule is CC(c1nc2ccccc2c(=O)[nH]1)N1CCN(c2ccccn2)CC1. The highest BCUT2D eigenvalue weighted by Gasteiger charge is 2.24. The Balaban J connectivity index is 1.51. The Morgan fingerprint density at radius 3 is 2.56 bits per heavy atom. The first kappa shape index (κ1) is 15.8. The molecule has 0 saturated carbocycles. The van der Waals surface area contributed by atoms with Crippen LogP contribution in [0.3, 0.4) is 0 Å². The maximum atomic E-state index is 12.3. The maximum absolute atomic E-state index is 12.3. The van der Waals surface area contributed by atoms with Crippen molar-refractivity contribution in [2.45, 2.75) is 13.0 Å². The third-order valence-corrected chi connectivity index (χ3v) is 4.86. The largest absolute Gasteiger partial charge is 0.354 e. The molecule has 1 saturated heterocycles. The number of para-hydroxylation sites is 1. The van der Waals surface area contributed by atoms with Crippen molar-refractivity contribution in [2.75, 3.05) is 31.1 Å². The summed E-state index contributed by atoms with van der Waals surface area (Å²) in [7, 11) is 0. The van der Waals surface area contributed by atoms with E-state index in [1.165, 1.54) is 0 Å². The van der Waals surface area contributed by atoms with Gasteiger partial charge in [-0.2, -0.15) is 0 Å². The van der Waals surface area contributed by atoms with E-state index in [0.29, 0.717) is 5.39 Å². The zero-order valence-electron chi connectivity index (χ0n) is 14.2. The summed E-state index contributed by atoms with van der Waals surface area (Å²) >= 11 is 0. The van der Waals surface area contributed by atoms with Gasteiger partial charge in [0, 0.05) is 32.4 Å². The second-order valence-electron chi connectivity index (χ2n) is 6.36. The summed E-state index contributed by atoms with van der Waals surface area (Å²) in [6.07, 6.45) is 1.83. The molecule has 3 heterocycles. The van der Waals surface area contributed by atoms with Gasteiger partial charge in [-0.3, -0.25) is 9.69 Å². The number of nitrogens with one attached hydrogen (secondary N) is 1. The summed E-state index contributed by atoms with van der Waals surface area (Å²) in [6, 6.07) is 13.5. The second-order valence-corrected chi connectivity index (χ2v) is 6.36. The fourth-order valence-electron chi connectivity index (χ4n) is 3.35. The van der Waals surface area contributed by atoms with E-state index in [1.807, 2.05) is 42.6 Å². The minimum atomic E-state index is -0.0698. The first-order chi connectivity index (χ1) is 12.2. The number of aromatic amines is 1. The Hall–Kier alpha value is -2.73. The zero-order valence-corrected chi connectivity index (χ0v) is 14.2. The lowest BCUT2D eigenvalue weighted by Crippen LogP contribution is -2.47. The predicted octanol–water partition coefficient (Wildman–Crippen LogP) is 2.20. The molecule has 6 heteroatoms. The van der Waals surface area contributed by atoms with Crippen molar-refractivity contribution in [2.24, 2.45) is 0 Å². The van der Waals surface area contributed by atoms with E-state index in [2.05, 4.69) is 31.7 Å². The van der Waals surface area contributed by atoms with Crippen LogP contribution in [0.5, 0.6) is 0 Å². The van der Waals surface area contributed by atoms with Crippen LogP contribution in [0, 0.1) is 0 Å². The Morgan fingerprint density at radius 1 is 1.04 bits per heavy atom. The highest BCUT2D eigenvalue weighted by Crippen LogP contribution is 2.21. The number of H-pyrrole nitrogens is 1. The molecule has 1 N–H and O–H groups in total. The van der Waals surface area contributed by atoms with Gasteiger partial charge in [-0.25, -0.2) is 9.97 Å². The third kappa shape index (κ3) is 3.13. The van der Waals surface area contributed by atoms with E-state index in [1.54, 1.807) is 6.07 Å². The minimum Gasteiger partial charge on any atom is -0.354 e. The van der Waals surface area contributed by atoms with Gasteiger partial charge in [0.2, 0.25) is 0 Å². The normalized spacial score (nSPS) is 16.9. The van der Waals surface area contributed by atoms with Gasteiger partial charge in [-0.05, 0) is 31.2 Å². The molecule has 0 aliphatic carbocycles. The first-order valence-corrected chi connectivity index (χ1v) is 8.61. The van der Waals surface area contributed by atoms with E-state index in [0.717, 1.165) is 43.3 Å². The number of piperazine rings is 1. The number of benzene rings is 1. The fraction of sp³-hybridized carbons (Fsp3) is 0.316. The van der Waals surface area contributed by atoms with Crippen LogP contribution in [0.4, 0.5) is 5.82 Å². The molecule has 0 bridgehead atoms. The number of rotatable bonds is 3. The van der Waals surface area contributed by atoms with Crippen molar-refractivity contribution in [1.29, 1.82) is 0 Å². The summed E-state index contributed by atoms with van der Waals surface area (Å²) < 4.78 is 0. The summed E-state index contributed by atoms with van der Waals surface area (Å²) in [4.78, 5) is 29.0. The van der Waals surface area contributed by atoms with E-state index < -0.39 is 0 Å². The topological polar surface area (TPSA) is 65.1 Å². The lowest BCUT2D eigenvalue weighted by atomic mass is 10.2. The van der Waals surface area contributed by atoms with Crippen molar-refractivity contribution < 1.29 is 0 Å². The van der Waals surface area contributed by atoms with Crippen LogP contribution < -0.4 is 10.5 Å². The highest BCUT2D eigenvalue weighted by atomic mass is 16.1. The van der Waals surface area contributed by atoms with E-state index in [4.69, 9.17) is 0 Å². The lowest BCUT2D eigenvalue weighted by Gasteiger charge is -2.38. The van der Waals surface area contributed by atoms with Crippen LogP contribution in [0.2, 0.25) is 0 Å². The van der Waals surface area contributed by atoms with Crippen LogP contribution in [-0.2, 0) is 0 Å². The molecular weight excluding hydrogens is 314 g/mol. The summed E-state index contributed by atoms with van der Waals surface area (Å²) in [5.74, 6) is 1.75. The molecule has 1 aliphatic heterocycles. The van der Waals surface area contributed by atoms with Gasteiger partial charge in [0.15, 0.2) is 0 Å². The number of nitrogens with zero attached hydrogens (tertiary/aromatic N) is 4. The van der Waals surface area contributed by atoms with Gasteiger partial charge in [-0.15, -0.1) is 0 Å². The van der Waals surface area contributed by atoms with E-state index in [-0.39, 0.29) is 11.6 Å². The van der Waals surface area contributed by atoms with Crippen LogP contribution >= 0.6 is 0 Å². The summed E-state index contributed by atoms with van der Waals surface area (Å²) in [5.41, 5.74) is 0.680. The molecule has 3 aromatic rings. The third-order valence-electron chi connectivity index (χ3n) is 4.86. The molecule has 1 aromatic carbocycles. The average Bonchev–Trinajstić information content (AvgIpc) is 2.68. The predicted molar refractivity (Wildman–Crippen MR) is 98.8 cm³/mol. The Bertz CT molecular complexity index is 916. The van der Waals surface area contributed by atoms with Crippen LogP contribution in [0.25, 0.3) is 10.9 Å². The molecule has 1 fully saturated rings. The molecular formula is C19H21N5O. The summed E-state index contributed by atoms with van der Waals surface area (Å²) in [5, 5.41) is 0.637. The van der Waals surface area contributed by atoms with Crippen molar-refractivity contribution in [3.63, 3.8) is 0 Å². The Labute approximate surface area is 146 Å². The van der Waals surface area contributed by atoms with Crippen molar-refractivity contribution in [3.8, 4) is 0 Å². The molecule has 4 rings (SSSR count). The molecule has 25 heavy (non-hydrogen) atoms. The smallest absolute Gasteiger partial charge is 0.258 e. The molecule has 1 atom stereocenters. The van der Waals surface area contributed by atoms with Crippen molar-refractivity contribution in [3.05, 3.63) is 64.8 Å². The van der Waals surface area contributed by atoms with Crippen LogP contribution in [-0.4, -0.2) is 46.0 Å². The number of hydrogen-bond donors (Lipinski definition) is 1. The lowest BCUT2D eigenvalue weighted by molar-refractivity contribution is 0.191. The number of aromatic nitrogens is 3. The molecule has 1 unspecified atom stereocenters. The van der Waals surface area contributed by atoms with E-state index >= 15 is 0 Å². The standard InChI is InChI=1S/C19H21N5O/c1-14(18-21-16-7-3-2-6-15(16)19(25)22-18)23-10-12-24(13-11-23)17-8-4-5-9-20-17/h2-9,14H,10-13H2,1H3,(H,21,22,25). The quantitative estimate of drug-likeness (QED) is 0.795. The molecule has 0 amide bonds. The Kier molecular flexibility index (Phi) is 4.19. The van der Waals surface area contributed by atoms with Gasteiger partial charge in [0.25, 0.3) is 5.56 Å². The fourth-order valence-corrected chi connectivity index (χ4v) is 3.35. The molecule has 0 spiro atoms. The van der Waals surface area contributed by atoms with Gasteiger partial charge in [0.05, 0.1) is 16.9 Å². The monoisotopic (exact) mass is 335 g/mol. The highest BCUT2D eigenvalue weighted by molar-refractivity contribution is 5.77. The second kappa shape index (κ2) is 6.64. The number of fused-ring (bicyclic) bond motifs is 1. The van der Waals surface area contributed by atoms with Crippen LogP contribution in [0.1, 0.15) is 18.8 Å². The first-order valence-electron chi connectivity index (χ1n) is 8.61. The summed E-state index contributed by atoms with van der Waals surface area (Å²) in [6.45, 7) is 5.75. The molecule has 6 nitrogen and oxygen atoms in total. The van der Waals surface area contributed by atoms with Crippen molar-refractivity contribution >= 4 is 16.7 Å². The molecule has 2 aromatic heterocycles. The van der Waals surface area contributed by atoms with Gasteiger partial charge in [0.1, 0.15) is 11.6 Å². The maximum Gasteiger partial charge on any atom is 0.258 e. The number of anilines is 1. The van der Waals surface area contributed by atoms with Crippen LogP contribution in [0.15, 0.2) is 53.5 Å². The zero-order chi connectivity index (χ0) is 17.2. The van der Waals surface area contributed by atoms with E-state index in [9.17, 15) is 4.79 Å². The van der Waals surface area contributed by atoms with Crippen molar-refractivity contribution in [1.82, 2.24) is 19.9 Å². The Morgan fingerprint density at radius 2 is 1.80 bits per heavy atom. The molecule has 0 radical (unpaired) electrons. The van der Waals surface area contributed by atoms with Gasteiger partial charge < -0.3 is 9.88 Å². The number of hydrogen-bond acceptors (Lipinski definition) is 5. The molecule has 128 valence electrons. The minimum absolute atomic E-state index is 0.0698. The average molecular weight is 335 g/mol. The van der Waals surface area contributed by atoms with Gasteiger partial charge >= 0.3 is 0 Å². The number of pyridine rings is 1. The van der Waals surface area contributed by atoms with Gasteiger partial charge in [-0.1, -0.05) is 18.2 Å². The molecule has 1 aliphatic rings.